The Morgan fingerprint density at radius 3 is 2.28 bits per heavy atom. The fourth-order valence-electron chi connectivity index (χ4n) is 6.15. The third-order valence-corrected chi connectivity index (χ3v) is 8.41. The molecule has 0 N–H and O–H groups in total. The van der Waals surface area contributed by atoms with Crippen LogP contribution in [-0.2, 0) is 16.0 Å². The van der Waals surface area contributed by atoms with Crippen LogP contribution >= 0.6 is 0 Å². The van der Waals surface area contributed by atoms with Crippen molar-refractivity contribution in [1.29, 1.82) is 0 Å². The number of ether oxygens (including phenoxy) is 1. The van der Waals surface area contributed by atoms with Crippen molar-refractivity contribution in [3.63, 3.8) is 0 Å². The molecule has 1 saturated carbocycles. The van der Waals surface area contributed by atoms with Crippen LogP contribution in [-0.4, -0.2) is 18.7 Å². The summed E-state index contributed by atoms with van der Waals surface area (Å²) in [6.45, 7) is 8.52. The highest BCUT2D eigenvalue weighted by Gasteiger charge is 2.32. The van der Waals surface area contributed by atoms with E-state index >= 15 is 0 Å². The zero-order valence-corrected chi connectivity index (χ0v) is 23.4. The van der Waals surface area contributed by atoms with Gasteiger partial charge in [-0.25, -0.2) is 0 Å². The summed E-state index contributed by atoms with van der Waals surface area (Å²) in [7, 11) is 1.69. The van der Waals surface area contributed by atoms with Gasteiger partial charge in [-0.15, -0.1) is 0 Å². The Labute approximate surface area is 219 Å². The quantitative estimate of drug-likeness (QED) is 0.262. The molecule has 2 atom stereocenters. The summed E-state index contributed by atoms with van der Waals surface area (Å²) in [5.74, 6) is 2.88. The molecule has 3 heteroatoms. The van der Waals surface area contributed by atoms with E-state index in [9.17, 15) is 9.59 Å². The number of methoxy groups -OCH3 is 1. The Hall–Kier alpha value is -2.16. The standard InChI is InChI=1S/C33H48O3/c1-6-27(31(34)18-12-23(2)3)15-19-32(35)33-24(4)20-28(21-25-10-8-7-9-11-25)30(33)22-26-13-16-29(36-5)17-14-26/h13-14,16-17,20,23,25,27,30H,6-12,15,18-19,21-22H2,1-5H3. The topological polar surface area (TPSA) is 43.4 Å². The fraction of sp³-hybridized carbons (Fsp3) is 0.636. The molecule has 0 heterocycles. The first-order chi connectivity index (χ1) is 17.3. The molecule has 0 aromatic heterocycles. The third-order valence-electron chi connectivity index (χ3n) is 8.41. The van der Waals surface area contributed by atoms with Gasteiger partial charge in [0.05, 0.1) is 7.11 Å². The van der Waals surface area contributed by atoms with E-state index in [0.717, 1.165) is 48.5 Å². The van der Waals surface area contributed by atoms with Gasteiger partial charge >= 0.3 is 0 Å². The van der Waals surface area contributed by atoms with E-state index in [1.54, 1.807) is 7.11 Å². The summed E-state index contributed by atoms with van der Waals surface area (Å²) < 4.78 is 5.35. The van der Waals surface area contributed by atoms with Crippen molar-refractivity contribution in [2.75, 3.05) is 7.11 Å². The molecule has 2 aliphatic rings. The number of carbonyl (C=O) groups excluding carboxylic acids is 2. The van der Waals surface area contributed by atoms with Crippen LogP contribution in [0, 0.1) is 23.7 Å². The van der Waals surface area contributed by atoms with Gasteiger partial charge in [-0.2, -0.15) is 0 Å². The van der Waals surface area contributed by atoms with Gasteiger partial charge in [0.25, 0.3) is 0 Å². The zero-order chi connectivity index (χ0) is 26.1. The molecule has 0 bridgehead atoms. The fourth-order valence-corrected chi connectivity index (χ4v) is 6.15. The maximum absolute atomic E-state index is 13.7. The third kappa shape index (κ3) is 7.92. The summed E-state index contributed by atoms with van der Waals surface area (Å²) in [4.78, 5) is 26.4. The molecule has 0 saturated heterocycles. The predicted octanol–water partition coefficient (Wildman–Crippen LogP) is 8.46. The molecule has 36 heavy (non-hydrogen) atoms. The molecule has 1 aromatic carbocycles. The minimum atomic E-state index is 0.00437. The zero-order valence-electron chi connectivity index (χ0n) is 23.4. The van der Waals surface area contributed by atoms with Crippen molar-refractivity contribution in [2.45, 2.75) is 105 Å². The number of benzene rings is 1. The highest BCUT2D eigenvalue weighted by molar-refractivity contribution is 5.98. The lowest BCUT2D eigenvalue weighted by Crippen LogP contribution is -2.20. The van der Waals surface area contributed by atoms with Gasteiger partial charge in [-0.3, -0.25) is 9.59 Å². The Morgan fingerprint density at radius 2 is 1.67 bits per heavy atom. The minimum Gasteiger partial charge on any atom is -0.497 e. The largest absolute Gasteiger partial charge is 0.497 e. The van der Waals surface area contributed by atoms with Gasteiger partial charge in [-0.1, -0.05) is 76.7 Å². The molecule has 0 spiro atoms. The lowest BCUT2D eigenvalue weighted by Gasteiger charge is -2.26. The van der Waals surface area contributed by atoms with Crippen LogP contribution < -0.4 is 4.74 Å². The van der Waals surface area contributed by atoms with Gasteiger partial charge in [0.1, 0.15) is 11.5 Å². The van der Waals surface area contributed by atoms with Gasteiger partial charge in [-0.05, 0) is 74.1 Å². The maximum atomic E-state index is 13.7. The van der Waals surface area contributed by atoms with E-state index in [1.807, 2.05) is 12.1 Å². The molecule has 1 aromatic rings. The Bertz CT molecular complexity index is 928. The molecule has 0 aliphatic heterocycles. The van der Waals surface area contributed by atoms with E-state index in [4.69, 9.17) is 4.74 Å². The normalized spacial score (nSPS) is 19.5. The Balaban J connectivity index is 1.72. The van der Waals surface area contributed by atoms with Gasteiger partial charge < -0.3 is 4.74 Å². The summed E-state index contributed by atoms with van der Waals surface area (Å²) in [6, 6.07) is 8.30. The van der Waals surface area contributed by atoms with E-state index in [2.05, 4.69) is 45.9 Å². The lowest BCUT2D eigenvalue weighted by molar-refractivity contribution is -0.123. The summed E-state index contributed by atoms with van der Waals surface area (Å²) in [6.07, 6.45) is 14.5. The van der Waals surface area contributed by atoms with Crippen molar-refractivity contribution >= 4 is 11.6 Å². The Kier molecular flexibility index (Phi) is 11.0. The summed E-state index contributed by atoms with van der Waals surface area (Å²) >= 11 is 0. The van der Waals surface area contributed by atoms with E-state index in [0.29, 0.717) is 31.0 Å². The molecule has 3 rings (SSSR count). The summed E-state index contributed by atoms with van der Waals surface area (Å²) in [5, 5.41) is 0. The molecule has 0 radical (unpaired) electrons. The molecular formula is C33H48O3. The van der Waals surface area contributed by atoms with E-state index in [1.165, 1.54) is 43.2 Å². The number of ketones is 2. The van der Waals surface area contributed by atoms with Crippen LogP contribution in [0.25, 0.3) is 0 Å². The van der Waals surface area contributed by atoms with Crippen molar-refractivity contribution in [3.8, 4) is 5.75 Å². The first kappa shape index (κ1) is 28.4. The smallest absolute Gasteiger partial charge is 0.159 e. The number of allylic oxidation sites excluding steroid dienone is 4. The highest BCUT2D eigenvalue weighted by Crippen LogP contribution is 2.41. The van der Waals surface area contributed by atoms with Crippen molar-refractivity contribution in [1.82, 2.24) is 0 Å². The molecule has 1 fully saturated rings. The second kappa shape index (κ2) is 14.0. The average Bonchev–Trinajstić information content (AvgIpc) is 3.18. The van der Waals surface area contributed by atoms with Crippen LogP contribution in [0.1, 0.15) is 104 Å². The van der Waals surface area contributed by atoms with Gasteiger partial charge in [0, 0.05) is 30.3 Å². The average molecular weight is 493 g/mol. The van der Waals surface area contributed by atoms with Crippen LogP contribution in [0.3, 0.4) is 0 Å². The molecule has 0 amide bonds. The molecular weight excluding hydrogens is 444 g/mol. The molecule has 2 unspecified atom stereocenters. The van der Waals surface area contributed by atoms with Crippen LogP contribution in [0.5, 0.6) is 5.75 Å². The number of hydrogen-bond donors (Lipinski definition) is 0. The van der Waals surface area contributed by atoms with Crippen molar-refractivity contribution in [2.24, 2.45) is 23.7 Å². The molecule has 198 valence electrons. The maximum Gasteiger partial charge on any atom is 0.159 e. The number of rotatable bonds is 14. The van der Waals surface area contributed by atoms with Crippen molar-refractivity contribution < 1.29 is 14.3 Å². The first-order valence-electron chi connectivity index (χ1n) is 14.4. The minimum absolute atomic E-state index is 0.00437. The van der Waals surface area contributed by atoms with Crippen LogP contribution in [0.4, 0.5) is 0 Å². The van der Waals surface area contributed by atoms with E-state index < -0.39 is 0 Å². The van der Waals surface area contributed by atoms with Crippen LogP contribution in [0.15, 0.2) is 47.1 Å². The second-order valence-electron chi connectivity index (χ2n) is 11.6. The number of carbonyl (C=O) groups is 2. The second-order valence-corrected chi connectivity index (χ2v) is 11.6. The predicted molar refractivity (Wildman–Crippen MR) is 149 cm³/mol. The SMILES string of the molecule is CCC(CCC(=O)C1=C(C)C=C(CC2CCCCC2)C1Cc1ccc(OC)cc1)C(=O)CCC(C)C. The monoisotopic (exact) mass is 492 g/mol. The number of hydrogen-bond acceptors (Lipinski definition) is 3. The lowest BCUT2D eigenvalue weighted by atomic mass is 9.78. The first-order valence-corrected chi connectivity index (χ1v) is 14.4. The molecule has 3 nitrogen and oxygen atoms in total. The highest BCUT2D eigenvalue weighted by atomic mass is 16.5. The van der Waals surface area contributed by atoms with Crippen LogP contribution in [0.2, 0.25) is 0 Å². The number of Topliss-reactive ketones (excluding diaryl/α,β-unsaturated/α-hetero) is 2. The Morgan fingerprint density at radius 1 is 0.972 bits per heavy atom. The van der Waals surface area contributed by atoms with E-state index in [-0.39, 0.29) is 17.6 Å². The van der Waals surface area contributed by atoms with Crippen molar-refractivity contribution in [3.05, 3.63) is 52.6 Å². The molecule has 2 aliphatic carbocycles. The summed E-state index contributed by atoms with van der Waals surface area (Å²) in [5.41, 5.74) is 4.83. The van der Waals surface area contributed by atoms with Gasteiger partial charge in [0.15, 0.2) is 5.78 Å². The van der Waals surface area contributed by atoms with Gasteiger partial charge in [0.2, 0.25) is 0 Å².